The van der Waals surface area contributed by atoms with Crippen molar-refractivity contribution in [3.05, 3.63) is 47.8 Å². The summed E-state index contributed by atoms with van der Waals surface area (Å²) in [7, 11) is 1.77. The highest BCUT2D eigenvalue weighted by atomic mass is 16.1. The Hall–Kier alpha value is -2.10. The van der Waals surface area contributed by atoms with Crippen molar-refractivity contribution in [1.82, 2.24) is 9.78 Å². The van der Waals surface area contributed by atoms with Crippen LogP contribution in [0.4, 0.5) is 5.69 Å². The first-order valence-electron chi connectivity index (χ1n) is 4.57. The van der Waals surface area contributed by atoms with E-state index in [1.807, 2.05) is 0 Å². The number of rotatable bonds is 2. The molecule has 0 fully saturated rings. The molecular formula is C11H11N3O. The van der Waals surface area contributed by atoms with E-state index in [9.17, 15) is 4.79 Å². The van der Waals surface area contributed by atoms with E-state index in [4.69, 9.17) is 5.73 Å². The number of carbonyl (C=O) groups is 1. The molecule has 1 heterocycles. The van der Waals surface area contributed by atoms with E-state index in [2.05, 4.69) is 5.10 Å². The van der Waals surface area contributed by atoms with Gasteiger partial charge in [0, 0.05) is 24.5 Å². The second-order valence-corrected chi connectivity index (χ2v) is 3.33. The van der Waals surface area contributed by atoms with E-state index >= 15 is 0 Å². The zero-order chi connectivity index (χ0) is 10.8. The molecule has 76 valence electrons. The molecule has 2 rings (SSSR count). The molecule has 0 bridgehead atoms. The fraction of sp³-hybridized carbons (Fsp3) is 0.0909. The Morgan fingerprint density at radius 3 is 2.80 bits per heavy atom. The van der Waals surface area contributed by atoms with Crippen LogP contribution in [0.2, 0.25) is 0 Å². The van der Waals surface area contributed by atoms with Gasteiger partial charge in [-0.3, -0.25) is 9.48 Å². The van der Waals surface area contributed by atoms with Gasteiger partial charge in [0.1, 0.15) is 5.69 Å². The molecule has 0 unspecified atom stereocenters. The van der Waals surface area contributed by atoms with Gasteiger partial charge in [-0.1, -0.05) is 12.1 Å². The van der Waals surface area contributed by atoms with E-state index in [1.54, 1.807) is 48.3 Å². The largest absolute Gasteiger partial charge is 0.399 e. The van der Waals surface area contributed by atoms with Crippen molar-refractivity contribution in [2.75, 3.05) is 5.73 Å². The molecule has 0 aliphatic rings. The number of anilines is 1. The van der Waals surface area contributed by atoms with Gasteiger partial charge in [0.05, 0.1) is 0 Å². The molecule has 0 spiro atoms. The zero-order valence-electron chi connectivity index (χ0n) is 8.34. The Kier molecular flexibility index (Phi) is 2.25. The predicted octanol–water partition coefficient (Wildman–Crippen LogP) is 1.23. The highest BCUT2D eigenvalue weighted by molar-refractivity contribution is 6.08. The topological polar surface area (TPSA) is 60.9 Å². The smallest absolute Gasteiger partial charge is 0.213 e. The number of ketones is 1. The van der Waals surface area contributed by atoms with Crippen molar-refractivity contribution in [3.63, 3.8) is 0 Å². The summed E-state index contributed by atoms with van der Waals surface area (Å²) in [6.45, 7) is 0. The summed E-state index contributed by atoms with van der Waals surface area (Å²) in [6, 6.07) is 8.57. The average Bonchev–Trinajstić information content (AvgIpc) is 2.64. The minimum Gasteiger partial charge on any atom is -0.399 e. The van der Waals surface area contributed by atoms with Crippen LogP contribution < -0.4 is 5.73 Å². The van der Waals surface area contributed by atoms with Gasteiger partial charge in [-0.15, -0.1) is 0 Å². The molecule has 0 aliphatic heterocycles. The summed E-state index contributed by atoms with van der Waals surface area (Å²) in [5, 5.41) is 4.04. The second-order valence-electron chi connectivity index (χ2n) is 3.33. The Morgan fingerprint density at radius 1 is 1.40 bits per heavy atom. The van der Waals surface area contributed by atoms with Gasteiger partial charge in [0.15, 0.2) is 0 Å². The van der Waals surface area contributed by atoms with Crippen LogP contribution in [0.5, 0.6) is 0 Å². The van der Waals surface area contributed by atoms with Crippen molar-refractivity contribution in [3.8, 4) is 0 Å². The monoisotopic (exact) mass is 201 g/mol. The molecule has 1 aromatic carbocycles. The van der Waals surface area contributed by atoms with Gasteiger partial charge in [-0.05, 0) is 18.2 Å². The number of carbonyl (C=O) groups excluding carboxylic acids is 1. The Labute approximate surface area is 87.3 Å². The molecule has 2 aromatic rings. The summed E-state index contributed by atoms with van der Waals surface area (Å²) in [6.07, 6.45) is 1.74. The lowest BCUT2D eigenvalue weighted by atomic mass is 10.1. The molecule has 0 amide bonds. The standard InChI is InChI=1S/C11H11N3O/c1-14-6-5-10(13-14)11(15)8-3-2-4-9(12)7-8/h2-7H,12H2,1H3. The molecule has 0 aliphatic carbocycles. The van der Waals surface area contributed by atoms with Crippen LogP contribution in [0.3, 0.4) is 0 Å². The number of nitrogens with zero attached hydrogens (tertiary/aromatic N) is 2. The molecule has 4 heteroatoms. The lowest BCUT2D eigenvalue weighted by molar-refractivity contribution is 0.103. The number of aromatic nitrogens is 2. The molecule has 15 heavy (non-hydrogen) atoms. The number of nitrogen functional groups attached to an aromatic ring is 1. The van der Waals surface area contributed by atoms with E-state index < -0.39 is 0 Å². The van der Waals surface area contributed by atoms with Crippen molar-refractivity contribution in [1.29, 1.82) is 0 Å². The molecule has 0 saturated heterocycles. The number of benzene rings is 1. The van der Waals surface area contributed by atoms with Gasteiger partial charge < -0.3 is 5.73 Å². The van der Waals surface area contributed by atoms with Gasteiger partial charge in [0.2, 0.25) is 5.78 Å². The third kappa shape index (κ3) is 1.88. The van der Waals surface area contributed by atoms with Crippen LogP contribution in [0.25, 0.3) is 0 Å². The predicted molar refractivity (Wildman–Crippen MR) is 57.5 cm³/mol. The van der Waals surface area contributed by atoms with Crippen molar-refractivity contribution in [2.24, 2.45) is 7.05 Å². The van der Waals surface area contributed by atoms with Gasteiger partial charge in [0.25, 0.3) is 0 Å². The Balaban J connectivity index is 2.36. The number of hydrogen-bond donors (Lipinski definition) is 1. The molecule has 0 saturated carbocycles. The van der Waals surface area contributed by atoms with Crippen LogP contribution in [-0.4, -0.2) is 15.6 Å². The van der Waals surface area contributed by atoms with Crippen molar-refractivity contribution in [2.45, 2.75) is 0 Å². The average molecular weight is 201 g/mol. The van der Waals surface area contributed by atoms with E-state index in [1.165, 1.54) is 0 Å². The van der Waals surface area contributed by atoms with Crippen LogP contribution in [-0.2, 0) is 7.05 Å². The van der Waals surface area contributed by atoms with E-state index in [0.717, 1.165) is 0 Å². The molecule has 1 aromatic heterocycles. The van der Waals surface area contributed by atoms with Gasteiger partial charge >= 0.3 is 0 Å². The van der Waals surface area contributed by atoms with Crippen molar-refractivity contribution < 1.29 is 4.79 Å². The summed E-state index contributed by atoms with van der Waals surface area (Å²) < 4.78 is 1.60. The first-order chi connectivity index (χ1) is 7.16. The third-order valence-corrected chi connectivity index (χ3v) is 2.10. The van der Waals surface area contributed by atoms with E-state index in [-0.39, 0.29) is 5.78 Å². The van der Waals surface area contributed by atoms with Gasteiger partial charge in [-0.25, -0.2) is 0 Å². The quantitative estimate of drug-likeness (QED) is 0.587. The minimum atomic E-state index is -0.108. The number of nitrogens with two attached hydrogens (primary N) is 1. The first kappa shape index (κ1) is 9.45. The van der Waals surface area contributed by atoms with E-state index in [0.29, 0.717) is 16.9 Å². The van der Waals surface area contributed by atoms with Crippen molar-refractivity contribution >= 4 is 11.5 Å². The maximum Gasteiger partial charge on any atom is 0.213 e. The minimum absolute atomic E-state index is 0.108. The molecule has 0 atom stereocenters. The van der Waals surface area contributed by atoms with Gasteiger partial charge in [-0.2, -0.15) is 5.10 Å². The zero-order valence-corrected chi connectivity index (χ0v) is 8.34. The lowest BCUT2D eigenvalue weighted by Crippen LogP contribution is -2.03. The molecular weight excluding hydrogens is 190 g/mol. The molecule has 0 radical (unpaired) electrons. The summed E-state index contributed by atoms with van der Waals surface area (Å²) in [4.78, 5) is 11.9. The highest BCUT2D eigenvalue weighted by Crippen LogP contribution is 2.11. The maximum absolute atomic E-state index is 11.9. The fourth-order valence-electron chi connectivity index (χ4n) is 1.36. The Morgan fingerprint density at radius 2 is 2.20 bits per heavy atom. The number of hydrogen-bond acceptors (Lipinski definition) is 3. The highest BCUT2D eigenvalue weighted by Gasteiger charge is 2.11. The SMILES string of the molecule is Cn1ccc(C(=O)c2cccc(N)c2)n1. The fourth-order valence-corrected chi connectivity index (χ4v) is 1.36. The molecule has 2 N–H and O–H groups in total. The van der Waals surface area contributed by atoms with Crippen LogP contribution in [0.15, 0.2) is 36.5 Å². The summed E-state index contributed by atoms with van der Waals surface area (Å²) in [5.41, 5.74) is 7.18. The first-order valence-corrected chi connectivity index (χ1v) is 4.57. The third-order valence-electron chi connectivity index (χ3n) is 2.10. The summed E-state index contributed by atoms with van der Waals surface area (Å²) >= 11 is 0. The van der Waals surface area contributed by atoms with Crippen LogP contribution in [0.1, 0.15) is 16.1 Å². The maximum atomic E-state index is 11.9. The summed E-state index contributed by atoms with van der Waals surface area (Å²) in [5.74, 6) is -0.108. The normalized spacial score (nSPS) is 10.2. The van der Waals surface area contributed by atoms with Crippen LogP contribution >= 0.6 is 0 Å². The lowest BCUT2D eigenvalue weighted by Gasteiger charge is -1.98. The molecule has 4 nitrogen and oxygen atoms in total. The van der Waals surface area contributed by atoms with Crippen LogP contribution in [0, 0.1) is 0 Å². The second kappa shape index (κ2) is 3.57. The number of aryl methyl sites for hydroxylation is 1. The Bertz CT molecular complexity index is 502.